The molecule has 0 bridgehead atoms. The summed E-state index contributed by atoms with van der Waals surface area (Å²) in [4.78, 5) is 0. The van der Waals surface area contributed by atoms with Crippen molar-refractivity contribution >= 4 is 11.6 Å². The minimum atomic E-state index is 0.226. The Balaban J connectivity index is 2.21. The molecular weight excluding hydrogens is 188 g/mol. The van der Waals surface area contributed by atoms with Crippen LogP contribution in [-0.4, -0.2) is 20.8 Å². The van der Waals surface area contributed by atoms with E-state index in [2.05, 4.69) is 10.2 Å². The van der Waals surface area contributed by atoms with Crippen molar-refractivity contribution in [1.82, 2.24) is 14.8 Å². The van der Waals surface area contributed by atoms with Crippen LogP contribution in [-0.2, 0) is 13.0 Å². The molecule has 0 aromatic carbocycles. The van der Waals surface area contributed by atoms with Crippen LogP contribution in [0.15, 0.2) is 0 Å². The fourth-order valence-electron chi connectivity index (χ4n) is 1.77. The molecule has 0 saturated heterocycles. The first-order valence-electron chi connectivity index (χ1n) is 4.51. The Hall–Kier alpha value is -0.610. The van der Waals surface area contributed by atoms with Crippen LogP contribution in [0.25, 0.3) is 0 Å². The lowest BCUT2D eigenvalue weighted by Crippen LogP contribution is -2.33. The van der Waals surface area contributed by atoms with E-state index in [9.17, 15) is 0 Å². The van der Waals surface area contributed by atoms with Gasteiger partial charge in [-0.1, -0.05) is 0 Å². The topological polar surface area (TPSA) is 56.7 Å². The van der Waals surface area contributed by atoms with E-state index in [1.807, 2.05) is 11.5 Å². The molecule has 0 spiro atoms. The molecule has 0 radical (unpaired) electrons. The van der Waals surface area contributed by atoms with E-state index in [-0.39, 0.29) is 6.04 Å². The van der Waals surface area contributed by atoms with Crippen LogP contribution in [0.1, 0.15) is 19.2 Å². The number of hydrogen-bond donors (Lipinski definition) is 1. The number of rotatable bonds is 1. The minimum absolute atomic E-state index is 0.226. The van der Waals surface area contributed by atoms with Gasteiger partial charge in [-0.15, -0.1) is 10.2 Å². The van der Waals surface area contributed by atoms with Gasteiger partial charge >= 0.3 is 0 Å². The molecule has 0 fully saturated rings. The van der Waals surface area contributed by atoms with Crippen LogP contribution >= 0.6 is 11.6 Å². The van der Waals surface area contributed by atoms with Gasteiger partial charge in [0.1, 0.15) is 5.82 Å². The molecule has 2 unspecified atom stereocenters. The second kappa shape index (κ2) is 3.27. The molecule has 1 aliphatic rings. The second-order valence-electron chi connectivity index (χ2n) is 3.65. The summed E-state index contributed by atoms with van der Waals surface area (Å²) in [5.74, 6) is 1.49. The summed E-state index contributed by atoms with van der Waals surface area (Å²) in [6, 6.07) is 0.226. The van der Waals surface area contributed by atoms with Crippen LogP contribution in [0.5, 0.6) is 0 Å². The number of aromatic nitrogens is 3. The molecule has 72 valence electrons. The van der Waals surface area contributed by atoms with Gasteiger partial charge in [0.2, 0.25) is 5.28 Å². The standard InChI is InChI=1S/C8H13ClN4/c1-5(10)6-2-3-13-7(4-6)11-12-8(13)9/h5-6H,2-4,10H2,1H3. The van der Waals surface area contributed by atoms with Crippen LogP contribution in [0, 0.1) is 5.92 Å². The van der Waals surface area contributed by atoms with E-state index in [1.54, 1.807) is 0 Å². The summed E-state index contributed by atoms with van der Waals surface area (Å²) in [6.07, 6.45) is 1.97. The molecule has 0 amide bonds. The van der Waals surface area contributed by atoms with Crippen molar-refractivity contribution in [2.75, 3.05) is 0 Å². The predicted octanol–water partition coefficient (Wildman–Crippen LogP) is 0.841. The van der Waals surface area contributed by atoms with E-state index < -0.39 is 0 Å². The van der Waals surface area contributed by atoms with Crippen molar-refractivity contribution in [3.05, 3.63) is 11.1 Å². The Bertz CT molecular complexity index is 307. The SMILES string of the molecule is CC(N)C1CCn2c(Cl)nnc2C1. The highest BCUT2D eigenvalue weighted by atomic mass is 35.5. The van der Waals surface area contributed by atoms with E-state index in [1.165, 1.54) is 0 Å². The molecule has 2 rings (SSSR count). The highest BCUT2D eigenvalue weighted by Crippen LogP contribution is 2.23. The Morgan fingerprint density at radius 1 is 1.62 bits per heavy atom. The highest BCUT2D eigenvalue weighted by molar-refractivity contribution is 6.28. The third-order valence-electron chi connectivity index (χ3n) is 2.69. The highest BCUT2D eigenvalue weighted by Gasteiger charge is 2.24. The molecule has 2 atom stereocenters. The first-order chi connectivity index (χ1) is 6.18. The molecule has 1 aromatic rings. The molecule has 5 heteroatoms. The van der Waals surface area contributed by atoms with Gasteiger partial charge in [0.15, 0.2) is 0 Å². The average molecular weight is 201 g/mol. The van der Waals surface area contributed by atoms with Crippen LogP contribution in [0.3, 0.4) is 0 Å². The maximum absolute atomic E-state index is 5.84. The quantitative estimate of drug-likeness (QED) is 0.731. The molecule has 0 aliphatic carbocycles. The van der Waals surface area contributed by atoms with Gasteiger partial charge < -0.3 is 10.3 Å². The van der Waals surface area contributed by atoms with Crippen molar-refractivity contribution < 1.29 is 0 Å². The van der Waals surface area contributed by atoms with Crippen LogP contribution in [0.4, 0.5) is 0 Å². The van der Waals surface area contributed by atoms with Gasteiger partial charge in [0.25, 0.3) is 0 Å². The monoisotopic (exact) mass is 200 g/mol. The third-order valence-corrected chi connectivity index (χ3v) is 2.97. The summed E-state index contributed by atoms with van der Waals surface area (Å²) in [7, 11) is 0. The molecular formula is C8H13ClN4. The van der Waals surface area contributed by atoms with Crippen molar-refractivity contribution in [1.29, 1.82) is 0 Å². The zero-order valence-corrected chi connectivity index (χ0v) is 8.33. The lowest BCUT2D eigenvalue weighted by atomic mass is 9.92. The largest absolute Gasteiger partial charge is 0.328 e. The van der Waals surface area contributed by atoms with E-state index in [0.717, 1.165) is 25.2 Å². The maximum atomic E-state index is 5.84. The second-order valence-corrected chi connectivity index (χ2v) is 3.99. The van der Waals surface area contributed by atoms with Crippen LogP contribution in [0.2, 0.25) is 5.28 Å². The molecule has 1 aliphatic heterocycles. The van der Waals surface area contributed by atoms with Gasteiger partial charge in [0, 0.05) is 19.0 Å². The molecule has 1 aromatic heterocycles. The summed E-state index contributed by atoms with van der Waals surface area (Å²) >= 11 is 5.84. The first-order valence-corrected chi connectivity index (χ1v) is 4.89. The summed E-state index contributed by atoms with van der Waals surface area (Å²) < 4.78 is 1.96. The van der Waals surface area contributed by atoms with Gasteiger partial charge in [0.05, 0.1) is 0 Å². The van der Waals surface area contributed by atoms with E-state index >= 15 is 0 Å². The normalized spacial score (nSPS) is 24.1. The number of halogens is 1. The Morgan fingerprint density at radius 2 is 2.38 bits per heavy atom. The van der Waals surface area contributed by atoms with Gasteiger partial charge in [-0.2, -0.15) is 0 Å². The summed E-state index contributed by atoms with van der Waals surface area (Å²) in [5.41, 5.74) is 5.84. The van der Waals surface area contributed by atoms with Crippen molar-refractivity contribution in [2.24, 2.45) is 11.7 Å². The van der Waals surface area contributed by atoms with E-state index in [4.69, 9.17) is 17.3 Å². The predicted molar refractivity (Wildman–Crippen MR) is 50.5 cm³/mol. The average Bonchev–Trinajstić information content (AvgIpc) is 2.47. The zero-order valence-electron chi connectivity index (χ0n) is 7.57. The maximum Gasteiger partial charge on any atom is 0.225 e. The molecule has 2 heterocycles. The van der Waals surface area contributed by atoms with Crippen molar-refractivity contribution in [3.63, 3.8) is 0 Å². The van der Waals surface area contributed by atoms with Crippen molar-refractivity contribution in [3.8, 4) is 0 Å². The van der Waals surface area contributed by atoms with Crippen LogP contribution < -0.4 is 5.73 Å². The minimum Gasteiger partial charge on any atom is -0.328 e. The molecule has 13 heavy (non-hydrogen) atoms. The zero-order chi connectivity index (χ0) is 9.42. The fourth-order valence-corrected chi connectivity index (χ4v) is 1.99. The lowest BCUT2D eigenvalue weighted by molar-refractivity contribution is 0.338. The van der Waals surface area contributed by atoms with Crippen molar-refractivity contribution in [2.45, 2.75) is 32.4 Å². The Morgan fingerprint density at radius 3 is 3.08 bits per heavy atom. The van der Waals surface area contributed by atoms with E-state index in [0.29, 0.717) is 11.2 Å². The lowest BCUT2D eigenvalue weighted by Gasteiger charge is -2.25. The Labute approximate surface area is 82.1 Å². The number of nitrogens with zero attached hydrogens (tertiary/aromatic N) is 3. The third kappa shape index (κ3) is 1.56. The number of nitrogens with two attached hydrogens (primary N) is 1. The van der Waals surface area contributed by atoms with Gasteiger partial charge in [-0.05, 0) is 30.9 Å². The summed E-state index contributed by atoms with van der Waals surface area (Å²) in [6.45, 7) is 2.94. The summed E-state index contributed by atoms with van der Waals surface area (Å²) in [5, 5.41) is 8.34. The first kappa shape index (κ1) is 8.97. The molecule has 2 N–H and O–H groups in total. The molecule has 0 saturated carbocycles. The number of hydrogen-bond acceptors (Lipinski definition) is 3. The fraction of sp³-hybridized carbons (Fsp3) is 0.750. The Kier molecular flexibility index (Phi) is 2.26. The van der Waals surface area contributed by atoms with Gasteiger partial charge in [-0.25, -0.2) is 0 Å². The molecule has 4 nitrogen and oxygen atoms in total. The van der Waals surface area contributed by atoms with Gasteiger partial charge in [-0.3, -0.25) is 0 Å². The smallest absolute Gasteiger partial charge is 0.225 e. The number of fused-ring (bicyclic) bond motifs is 1.